The number of carbonyl (C=O) groups is 1. The zero-order valence-electron chi connectivity index (χ0n) is 11.5. The molecule has 0 aromatic heterocycles. The van der Waals surface area contributed by atoms with Crippen LogP contribution in [0.5, 0.6) is 0 Å². The fourth-order valence-corrected chi connectivity index (χ4v) is 2.77. The normalized spacial score (nSPS) is 19.2. The maximum atomic E-state index is 13.8. The van der Waals surface area contributed by atoms with E-state index in [1.165, 1.54) is 6.07 Å². The molecule has 0 heterocycles. The van der Waals surface area contributed by atoms with Crippen LogP contribution in [0.15, 0.2) is 24.3 Å². The van der Waals surface area contributed by atoms with Gasteiger partial charge < -0.3 is 10.6 Å². The molecule has 1 aromatic rings. The SMILES string of the molecule is CC(c1ccccc1F)N(C)C(=O)C1(N)CCCC1. The molecule has 1 amide bonds. The third-order valence-electron chi connectivity index (χ3n) is 4.18. The first kappa shape index (κ1) is 14.0. The Labute approximate surface area is 113 Å². The number of nitrogens with two attached hydrogens (primary N) is 1. The summed E-state index contributed by atoms with van der Waals surface area (Å²) in [4.78, 5) is 14.0. The zero-order valence-corrected chi connectivity index (χ0v) is 11.5. The Hall–Kier alpha value is -1.42. The van der Waals surface area contributed by atoms with Crippen molar-refractivity contribution in [3.05, 3.63) is 35.6 Å². The molecular formula is C15H21FN2O. The van der Waals surface area contributed by atoms with Gasteiger partial charge in [0.15, 0.2) is 0 Å². The van der Waals surface area contributed by atoms with Gasteiger partial charge in [-0.1, -0.05) is 31.0 Å². The van der Waals surface area contributed by atoms with Crippen LogP contribution in [0.3, 0.4) is 0 Å². The van der Waals surface area contributed by atoms with Crippen molar-refractivity contribution in [2.45, 2.75) is 44.2 Å². The molecule has 1 unspecified atom stereocenters. The number of likely N-dealkylation sites (N-methyl/N-ethyl adjacent to an activating group) is 1. The van der Waals surface area contributed by atoms with E-state index < -0.39 is 5.54 Å². The van der Waals surface area contributed by atoms with E-state index >= 15 is 0 Å². The number of benzene rings is 1. The van der Waals surface area contributed by atoms with Crippen LogP contribution >= 0.6 is 0 Å². The van der Waals surface area contributed by atoms with Crippen molar-refractivity contribution in [2.75, 3.05) is 7.05 Å². The minimum absolute atomic E-state index is 0.0826. The summed E-state index contributed by atoms with van der Waals surface area (Å²) in [5.74, 6) is -0.368. The van der Waals surface area contributed by atoms with Crippen LogP contribution in [-0.4, -0.2) is 23.4 Å². The number of carbonyl (C=O) groups excluding carboxylic acids is 1. The maximum absolute atomic E-state index is 13.8. The highest BCUT2D eigenvalue weighted by atomic mass is 19.1. The minimum Gasteiger partial charge on any atom is -0.337 e. The predicted octanol–water partition coefficient (Wildman–Crippen LogP) is 2.62. The van der Waals surface area contributed by atoms with Crippen LogP contribution in [-0.2, 0) is 4.79 Å². The summed E-state index contributed by atoms with van der Waals surface area (Å²) in [7, 11) is 1.70. The van der Waals surface area contributed by atoms with Crippen molar-refractivity contribution in [1.29, 1.82) is 0 Å². The van der Waals surface area contributed by atoms with Crippen molar-refractivity contribution < 1.29 is 9.18 Å². The highest BCUT2D eigenvalue weighted by molar-refractivity contribution is 5.86. The Balaban J connectivity index is 2.17. The molecule has 0 aliphatic heterocycles. The smallest absolute Gasteiger partial charge is 0.242 e. The second-order valence-corrected chi connectivity index (χ2v) is 5.48. The Morgan fingerprint density at radius 3 is 2.53 bits per heavy atom. The Morgan fingerprint density at radius 2 is 1.95 bits per heavy atom. The lowest BCUT2D eigenvalue weighted by Gasteiger charge is -2.33. The molecule has 0 radical (unpaired) electrons. The van der Waals surface area contributed by atoms with Gasteiger partial charge in [-0.15, -0.1) is 0 Å². The van der Waals surface area contributed by atoms with Gasteiger partial charge >= 0.3 is 0 Å². The number of rotatable bonds is 3. The molecule has 0 spiro atoms. The average Bonchev–Trinajstić information content (AvgIpc) is 2.85. The Bertz CT molecular complexity index is 469. The van der Waals surface area contributed by atoms with Gasteiger partial charge in [0.2, 0.25) is 5.91 Å². The van der Waals surface area contributed by atoms with Gasteiger partial charge in [-0.3, -0.25) is 4.79 Å². The molecule has 104 valence electrons. The number of halogens is 1. The highest BCUT2D eigenvalue weighted by Crippen LogP contribution is 2.31. The van der Waals surface area contributed by atoms with Crippen molar-refractivity contribution in [2.24, 2.45) is 5.73 Å². The molecular weight excluding hydrogens is 243 g/mol. The number of hydrogen-bond acceptors (Lipinski definition) is 2. The molecule has 4 heteroatoms. The van der Waals surface area contributed by atoms with Crippen LogP contribution in [0.2, 0.25) is 0 Å². The van der Waals surface area contributed by atoms with E-state index in [-0.39, 0.29) is 17.8 Å². The Kier molecular flexibility index (Phi) is 3.90. The summed E-state index contributed by atoms with van der Waals surface area (Å²) >= 11 is 0. The molecule has 2 N–H and O–H groups in total. The molecule has 1 aliphatic carbocycles. The molecule has 2 rings (SSSR count). The molecule has 19 heavy (non-hydrogen) atoms. The minimum atomic E-state index is -0.756. The van der Waals surface area contributed by atoms with Crippen molar-refractivity contribution >= 4 is 5.91 Å². The van der Waals surface area contributed by atoms with E-state index in [1.54, 1.807) is 30.1 Å². The zero-order chi connectivity index (χ0) is 14.0. The second-order valence-electron chi connectivity index (χ2n) is 5.48. The van der Waals surface area contributed by atoms with E-state index in [0.717, 1.165) is 25.7 Å². The molecule has 1 fully saturated rings. The van der Waals surface area contributed by atoms with Gasteiger partial charge in [-0.2, -0.15) is 0 Å². The molecule has 1 atom stereocenters. The average molecular weight is 264 g/mol. The first-order valence-corrected chi connectivity index (χ1v) is 6.76. The van der Waals surface area contributed by atoms with Gasteiger partial charge in [0, 0.05) is 12.6 Å². The van der Waals surface area contributed by atoms with E-state index in [9.17, 15) is 9.18 Å². The number of amides is 1. The summed E-state index contributed by atoms with van der Waals surface area (Å²) in [6, 6.07) is 6.24. The lowest BCUT2D eigenvalue weighted by Crippen LogP contribution is -2.52. The highest BCUT2D eigenvalue weighted by Gasteiger charge is 2.40. The summed E-state index contributed by atoms with van der Waals surface area (Å²) < 4.78 is 13.8. The van der Waals surface area contributed by atoms with Crippen LogP contribution < -0.4 is 5.73 Å². The first-order chi connectivity index (χ1) is 8.96. The molecule has 0 bridgehead atoms. The topological polar surface area (TPSA) is 46.3 Å². The van der Waals surface area contributed by atoms with Crippen LogP contribution in [0.4, 0.5) is 4.39 Å². The molecule has 1 saturated carbocycles. The predicted molar refractivity (Wildman–Crippen MR) is 73.0 cm³/mol. The van der Waals surface area contributed by atoms with E-state index in [1.807, 2.05) is 6.92 Å². The quantitative estimate of drug-likeness (QED) is 0.912. The fourth-order valence-electron chi connectivity index (χ4n) is 2.77. The summed E-state index contributed by atoms with van der Waals surface area (Å²) in [6.45, 7) is 1.83. The molecule has 1 aromatic carbocycles. The Morgan fingerprint density at radius 1 is 1.37 bits per heavy atom. The molecule has 1 aliphatic rings. The van der Waals surface area contributed by atoms with Crippen LogP contribution in [0, 0.1) is 5.82 Å². The molecule has 3 nitrogen and oxygen atoms in total. The number of nitrogens with zero attached hydrogens (tertiary/aromatic N) is 1. The van der Waals surface area contributed by atoms with Crippen molar-refractivity contribution in [3.63, 3.8) is 0 Å². The van der Waals surface area contributed by atoms with Gasteiger partial charge in [0.25, 0.3) is 0 Å². The van der Waals surface area contributed by atoms with Crippen molar-refractivity contribution in [3.8, 4) is 0 Å². The summed E-state index contributed by atoms with van der Waals surface area (Å²) in [5.41, 5.74) is 5.94. The van der Waals surface area contributed by atoms with Crippen LogP contribution in [0.1, 0.15) is 44.2 Å². The van der Waals surface area contributed by atoms with Crippen molar-refractivity contribution in [1.82, 2.24) is 4.90 Å². The van der Waals surface area contributed by atoms with Gasteiger partial charge in [-0.05, 0) is 25.8 Å². The lowest BCUT2D eigenvalue weighted by atomic mass is 9.95. The summed E-state index contributed by atoms with van der Waals surface area (Å²) in [6.07, 6.45) is 3.43. The van der Waals surface area contributed by atoms with Gasteiger partial charge in [0.1, 0.15) is 5.82 Å². The van der Waals surface area contributed by atoms with E-state index in [0.29, 0.717) is 5.56 Å². The van der Waals surface area contributed by atoms with E-state index in [4.69, 9.17) is 5.73 Å². The fraction of sp³-hybridized carbons (Fsp3) is 0.533. The first-order valence-electron chi connectivity index (χ1n) is 6.76. The van der Waals surface area contributed by atoms with Crippen LogP contribution in [0.25, 0.3) is 0 Å². The third kappa shape index (κ3) is 2.63. The lowest BCUT2D eigenvalue weighted by molar-refractivity contribution is -0.137. The molecule has 0 saturated heterocycles. The second kappa shape index (κ2) is 5.29. The summed E-state index contributed by atoms with van der Waals surface area (Å²) in [5, 5.41) is 0. The standard InChI is InChI=1S/C15H21FN2O/c1-11(12-7-3-4-8-13(12)16)18(2)14(19)15(17)9-5-6-10-15/h3-4,7-8,11H,5-6,9-10,17H2,1-2H3. The maximum Gasteiger partial charge on any atom is 0.242 e. The third-order valence-corrected chi connectivity index (χ3v) is 4.18. The van der Waals surface area contributed by atoms with E-state index in [2.05, 4.69) is 0 Å². The largest absolute Gasteiger partial charge is 0.337 e. The monoisotopic (exact) mass is 264 g/mol. The van der Waals surface area contributed by atoms with Gasteiger partial charge in [0.05, 0.1) is 11.6 Å². The number of hydrogen-bond donors (Lipinski definition) is 1. The van der Waals surface area contributed by atoms with Gasteiger partial charge in [-0.25, -0.2) is 4.39 Å².